The van der Waals surface area contributed by atoms with Crippen LogP contribution in [0, 0.1) is 0 Å². The van der Waals surface area contributed by atoms with E-state index in [1.807, 2.05) is 18.0 Å². The molecule has 1 aromatic rings. The summed E-state index contributed by atoms with van der Waals surface area (Å²) in [6.07, 6.45) is 4.58. The van der Waals surface area contributed by atoms with E-state index in [0.717, 1.165) is 11.4 Å². The van der Waals surface area contributed by atoms with Gasteiger partial charge in [-0.15, -0.1) is 0 Å². The third-order valence-corrected chi connectivity index (χ3v) is 4.32. The number of rotatable bonds is 3. The molecule has 1 aromatic carbocycles. The lowest BCUT2D eigenvalue weighted by Crippen LogP contribution is -2.27. The summed E-state index contributed by atoms with van der Waals surface area (Å²) in [5, 5.41) is 0. The molecule has 1 aliphatic heterocycles. The molecule has 1 heterocycles. The molecular formula is C13H20N2OS. The Kier molecular flexibility index (Phi) is 4.18. The zero-order valence-electron chi connectivity index (χ0n) is 10.5. The van der Waals surface area contributed by atoms with Crippen LogP contribution in [0.1, 0.15) is 24.3 Å². The second kappa shape index (κ2) is 5.65. The summed E-state index contributed by atoms with van der Waals surface area (Å²) in [7, 11) is 1.67. The highest BCUT2D eigenvalue weighted by Crippen LogP contribution is 2.33. The molecule has 0 unspecified atom stereocenters. The third kappa shape index (κ3) is 2.87. The molecule has 1 fully saturated rings. The Hall–Kier alpha value is -0.870. The van der Waals surface area contributed by atoms with E-state index in [1.54, 1.807) is 7.11 Å². The number of nitrogens with zero attached hydrogens (tertiary/aromatic N) is 1. The molecule has 0 atom stereocenters. The first kappa shape index (κ1) is 12.6. The number of nitrogen functional groups attached to an aromatic ring is 1. The van der Waals surface area contributed by atoms with Gasteiger partial charge in [0.1, 0.15) is 5.75 Å². The van der Waals surface area contributed by atoms with E-state index in [-0.39, 0.29) is 0 Å². The van der Waals surface area contributed by atoms with Gasteiger partial charge in [-0.3, -0.25) is 4.31 Å². The van der Waals surface area contributed by atoms with Crippen LogP contribution < -0.4 is 10.5 Å². The molecule has 0 amide bonds. The number of ether oxygens (including phenoxy) is 1. The Morgan fingerprint density at radius 3 is 2.65 bits per heavy atom. The molecule has 94 valence electrons. The lowest BCUT2D eigenvalue weighted by atomic mass is 9.90. The van der Waals surface area contributed by atoms with Gasteiger partial charge in [-0.05, 0) is 42.7 Å². The predicted octanol–water partition coefficient (Wildman–Crippen LogP) is 2.73. The molecule has 3 nitrogen and oxygen atoms in total. The fourth-order valence-electron chi connectivity index (χ4n) is 2.35. The largest absolute Gasteiger partial charge is 0.495 e. The molecule has 1 aliphatic rings. The number of benzene rings is 1. The molecule has 0 radical (unpaired) electrons. The van der Waals surface area contributed by atoms with Crippen molar-refractivity contribution in [1.29, 1.82) is 0 Å². The fourth-order valence-corrected chi connectivity index (χ4v) is 2.93. The molecular weight excluding hydrogens is 232 g/mol. The van der Waals surface area contributed by atoms with Gasteiger partial charge in [0.15, 0.2) is 0 Å². The lowest BCUT2D eigenvalue weighted by molar-refractivity contribution is 0.346. The van der Waals surface area contributed by atoms with Crippen LogP contribution in [0.15, 0.2) is 18.2 Å². The van der Waals surface area contributed by atoms with Gasteiger partial charge in [0.2, 0.25) is 0 Å². The van der Waals surface area contributed by atoms with Crippen LogP contribution >= 0.6 is 11.9 Å². The predicted molar refractivity (Wildman–Crippen MR) is 74.5 cm³/mol. The highest BCUT2D eigenvalue weighted by Gasteiger charge is 2.20. The monoisotopic (exact) mass is 252 g/mol. The maximum Gasteiger partial charge on any atom is 0.142 e. The van der Waals surface area contributed by atoms with Crippen LogP contribution in [0.25, 0.3) is 0 Å². The van der Waals surface area contributed by atoms with Crippen LogP contribution in [0.3, 0.4) is 0 Å². The Balaban J connectivity index is 2.08. The summed E-state index contributed by atoms with van der Waals surface area (Å²) < 4.78 is 7.70. The van der Waals surface area contributed by atoms with Crippen LogP contribution in [-0.2, 0) is 0 Å². The average Bonchev–Trinajstić information content (AvgIpc) is 2.39. The van der Waals surface area contributed by atoms with Crippen LogP contribution in [0.5, 0.6) is 5.75 Å². The van der Waals surface area contributed by atoms with E-state index in [9.17, 15) is 0 Å². The molecule has 4 heteroatoms. The molecule has 17 heavy (non-hydrogen) atoms. The first-order valence-corrected chi connectivity index (χ1v) is 7.15. The van der Waals surface area contributed by atoms with Crippen molar-refractivity contribution in [2.45, 2.75) is 18.8 Å². The smallest absolute Gasteiger partial charge is 0.142 e. The van der Waals surface area contributed by atoms with Crippen molar-refractivity contribution in [3.8, 4) is 5.75 Å². The van der Waals surface area contributed by atoms with E-state index in [2.05, 4.69) is 22.7 Å². The second-order valence-electron chi connectivity index (χ2n) is 4.39. The SMILES string of the molecule is COc1cc(C2CCN(SC)CC2)ccc1N. The topological polar surface area (TPSA) is 38.5 Å². The maximum atomic E-state index is 5.84. The Morgan fingerprint density at radius 2 is 2.06 bits per heavy atom. The van der Waals surface area contributed by atoms with Crippen molar-refractivity contribution in [3.63, 3.8) is 0 Å². The zero-order chi connectivity index (χ0) is 12.3. The second-order valence-corrected chi connectivity index (χ2v) is 5.27. The minimum Gasteiger partial charge on any atom is -0.495 e. The van der Waals surface area contributed by atoms with Gasteiger partial charge in [0.25, 0.3) is 0 Å². The highest BCUT2D eigenvalue weighted by molar-refractivity contribution is 7.96. The summed E-state index contributed by atoms with van der Waals surface area (Å²) in [4.78, 5) is 0. The Bertz CT molecular complexity index is 376. The van der Waals surface area contributed by atoms with Crippen LogP contribution in [0.4, 0.5) is 5.69 Å². The minimum atomic E-state index is 0.646. The molecule has 0 aromatic heterocycles. The van der Waals surface area contributed by atoms with Crippen molar-refractivity contribution >= 4 is 17.6 Å². The number of hydrogen-bond donors (Lipinski definition) is 1. The average molecular weight is 252 g/mol. The van der Waals surface area contributed by atoms with Crippen molar-refractivity contribution < 1.29 is 4.74 Å². The van der Waals surface area contributed by atoms with E-state index in [4.69, 9.17) is 10.5 Å². The van der Waals surface area contributed by atoms with E-state index in [0.29, 0.717) is 5.92 Å². The van der Waals surface area contributed by atoms with Crippen molar-refractivity contribution in [2.24, 2.45) is 0 Å². The normalized spacial score (nSPS) is 18.2. The van der Waals surface area contributed by atoms with Crippen molar-refractivity contribution in [3.05, 3.63) is 23.8 Å². The standard InChI is InChI=1S/C13H20N2OS/c1-16-13-9-11(3-4-12(13)14)10-5-7-15(17-2)8-6-10/h3-4,9-10H,5-8,14H2,1-2H3. The summed E-state index contributed by atoms with van der Waals surface area (Å²) in [6.45, 7) is 2.33. The quantitative estimate of drug-likeness (QED) is 0.663. The maximum absolute atomic E-state index is 5.84. The minimum absolute atomic E-state index is 0.646. The summed E-state index contributed by atoms with van der Waals surface area (Å²) in [5.74, 6) is 1.45. The van der Waals surface area contributed by atoms with Crippen molar-refractivity contribution in [2.75, 3.05) is 32.2 Å². The van der Waals surface area contributed by atoms with Gasteiger partial charge in [-0.1, -0.05) is 18.0 Å². The van der Waals surface area contributed by atoms with E-state index in [1.165, 1.54) is 31.5 Å². The van der Waals surface area contributed by atoms with E-state index < -0.39 is 0 Å². The van der Waals surface area contributed by atoms with Crippen LogP contribution in [-0.4, -0.2) is 30.8 Å². The van der Waals surface area contributed by atoms with Gasteiger partial charge in [0, 0.05) is 13.1 Å². The zero-order valence-corrected chi connectivity index (χ0v) is 11.3. The number of piperidine rings is 1. The molecule has 0 saturated carbocycles. The first-order chi connectivity index (χ1) is 8.24. The van der Waals surface area contributed by atoms with Gasteiger partial charge in [-0.25, -0.2) is 0 Å². The first-order valence-electron chi connectivity index (χ1n) is 5.97. The summed E-state index contributed by atoms with van der Waals surface area (Å²) >= 11 is 1.84. The van der Waals surface area contributed by atoms with Crippen LogP contribution in [0.2, 0.25) is 0 Å². The number of methoxy groups -OCH3 is 1. The molecule has 0 spiro atoms. The summed E-state index contributed by atoms with van der Waals surface area (Å²) in [6, 6.07) is 6.18. The number of anilines is 1. The van der Waals surface area contributed by atoms with E-state index >= 15 is 0 Å². The van der Waals surface area contributed by atoms with Gasteiger partial charge >= 0.3 is 0 Å². The molecule has 0 bridgehead atoms. The highest BCUT2D eigenvalue weighted by atomic mass is 32.2. The number of nitrogens with two attached hydrogens (primary N) is 1. The van der Waals surface area contributed by atoms with Gasteiger partial charge in [-0.2, -0.15) is 0 Å². The van der Waals surface area contributed by atoms with Gasteiger partial charge in [0.05, 0.1) is 12.8 Å². The Labute approximate surface area is 107 Å². The number of hydrogen-bond acceptors (Lipinski definition) is 4. The van der Waals surface area contributed by atoms with Gasteiger partial charge < -0.3 is 10.5 Å². The Morgan fingerprint density at radius 1 is 1.35 bits per heavy atom. The van der Waals surface area contributed by atoms with Crippen molar-refractivity contribution in [1.82, 2.24) is 4.31 Å². The lowest BCUT2D eigenvalue weighted by Gasteiger charge is -2.30. The molecule has 0 aliphatic carbocycles. The molecule has 2 rings (SSSR count). The summed E-state index contributed by atoms with van der Waals surface area (Å²) in [5.41, 5.74) is 7.91. The fraction of sp³-hybridized carbons (Fsp3) is 0.538. The molecule has 1 saturated heterocycles. The third-order valence-electron chi connectivity index (χ3n) is 3.44. The molecule has 2 N–H and O–H groups in total.